The summed E-state index contributed by atoms with van der Waals surface area (Å²) in [5.74, 6) is 0. The normalized spacial score (nSPS) is 14.4. The van der Waals surface area contributed by atoms with Gasteiger partial charge >= 0.3 is 0 Å². The molecule has 268 valence electrons. The molecule has 0 radical (unpaired) electrons. The number of para-hydroxylation sites is 1. The molecule has 0 N–H and O–H groups in total. The van der Waals surface area contributed by atoms with Crippen LogP contribution in [0.4, 0.5) is 17.1 Å². The zero-order chi connectivity index (χ0) is 39.6. The van der Waals surface area contributed by atoms with Crippen LogP contribution < -0.4 is 4.90 Å². The Balaban J connectivity index is 1.21. The van der Waals surface area contributed by atoms with Crippen LogP contribution in [0, 0.1) is 0 Å². The second-order valence-corrected chi connectivity index (χ2v) is 15.0. The SMILES string of the molecule is [2H]c1cccc(N(c2ccc3c(c2)C(c2ccccc2)(c2ccccc2)c2ccccc2-3)c2ccc3c(c2)C(c2ccccc2)(c2ccccc2)c2ccccc2-3)c1[2H]. The molecule has 0 spiro atoms. The van der Waals surface area contributed by atoms with E-state index in [-0.39, 0.29) is 12.1 Å². The van der Waals surface area contributed by atoms with E-state index < -0.39 is 10.8 Å². The Morgan fingerprint density at radius 2 is 0.649 bits per heavy atom. The first-order valence-corrected chi connectivity index (χ1v) is 19.7. The van der Waals surface area contributed by atoms with E-state index in [0.717, 1.165) is 11.4 Å². The molecule has 0 aromatic heterocycles. The summed E-state index contributed by atoms with van der Waals surface area (Å²) in [6.45, 7) is 0. The van der Waals surface area contributed by atoms with Gasteiger partial charge in [-0.05, 0) is 103 Å². The summed E-state index contributed by atoms with van der Waals surface area (Å²) in [5.41, 5.74) is 15.8. The predicted molar refractivity (Wildman–Crippen MR) is 236 cm³/mol. The van der Waals surface area contributed by atoms with Crippen LogP contribution in [0.2, 0.25) is 0 Å². The molecule has 0 saturated heterocycles. The second-order valence-electron chi connectivity index (χ2n) is 15.0. The molecule has 0 amide bonds. The van der Waals surface area contributed by atoms with Crippen molar-refractivity contribution in [3.05, 3.63) is 281 Å². The molecule has 11 rings (SSSR count). The van der Waals surface area contributed by atoms with Crippen molar-refractivity contribution < 1.29 is 2.74 Å². The summed E-state index contributed by atoms with van der Waals surface area (Å²) in [5, 5.41) is 0. The summed E-state index contributed by atoms with van der Waals surface area (Å²) < 4.78 is 18.3. The first-order valence-electron chi connectivity index (χ1n) is 20.7. The van der Waals surface area contributed by atoms with Crippen molar-refractivity contribution >= 4 is 17.1 Å². The summed E-state index contributed by atoms with van der Waals surface area (Å²) in [6, 6.07) is 80.6. The Bertz CT molecular complexity index is 2750. The number of rotatable bonds is 7. The molecular weight excluding hydrogens is 687 g/mol. The highest BCUT2D eigenvalue weighted by Crippen LogP contribution is 2.59. The topological polar surface area (TPSA) is 3.24 Å². The van der Waals surface area contributed by atoms with Crippen molar-refractivity contribution in [1.29, 1.82) is 0 Å². The third-order valence-corrected chi connectivity index (χ3v) is 12.3. The van der Waals surface area contributed by atoms with E-state index >= 15 is 0 Å². The molecule has 1 nitrogen and oxygen atoms in total. The van der Waals surface area contributed by atoms with Crippen LogP contribution in [-0.2, 0) is 10.8 Å². The zero-order valence-electron chi connectivity index (χ0n) is 33.3. The molecule has 0 fully saturated rings. The van der Waals surface area contributed by atoms with E-state index in [1.54, 1.807) is 6.07 Å². The van der Waals surface area contributed by atoms with Crippen LogP contribution in [0.5, 0.6) is 0 Å². The number of hydrogen-bond acceptors (Lipinski definition) is 1. The summed E-state index contributed by atoms with van der Waals surface area (Å²) in [6.07, 6.45) is 0. The monoisotopic (exact) mass is 727 g/mol. The molecule has 9 aromatic rings. The molecule has 0 atom stereocenters. The Hall–Kier alpha value is -7.22. The highest BCUT2D eigenvalue weighted by molar-refractivity contribution is 5.92. The van der Waals surface area contributed by atoms with Gasteiger partial charge in [0.25, 0.3) is 0 Å². The Kier molecular flexibility index (Phi) is 7.20. The van der Waals surface area contributed by atoms with Crippen molar-refractivity contribution in [3.8, 4) is 22.3 Å². The average molecular weight is 728 g/mol. The van der Waals surface area contributed by atoms with Gasteiger partial charge in [0.2, 0.25) is 0 Å². The highest BCUT2D eigenvalue weighted by atomic mass is 15.1. The van der Waals surface area contributed by atoms with Crippen LogP contribution in [0.15, 0.2) is 237 Å². The lowest BCUT2D eigenvalue weighted by atomic mass is 9.67. The van der Waals surface area contributed by atoms with E-state index in [9.17, 15) is 1.37 Å². The van der Waals surface area contributed by atoms with Crippen LogP contribution in [-0.4, -0.2) is 0 Å². The van der Waals surface area contributed by atoms with E-state index in [2.05, 4.69) is 211 Å². The number of hydrogen-bond donors (Lipinski definition) is 0. The molecule has 0 bridgehead atoms. The fourth-order valence-corrected chi connectivity index (χ4v) is 10.0. The van der Waals surface area contributed by atoms with Crippen molar-refractivity contribution in [2.24, 2.45) is 0 Å². The molecule has 0 heterocycles. The largest absolute Gasteiger partial charge is 0.310 e. The maximum Gasteiger partial charge on any atom is 0.0714 e. The van der Waals surface area contributed by atoms with Crippen molar-refractivity contribution in [3.63, 3.8) is 0 Å². The number of fused-ring (bicyclic) bond motifs is 6. The molecular formula is C56H39N. The first kappa shape index (κ1) is 31.0. The zero-order valence-corrected chi connectivity index (χ0v) is 31.3. The lowest BCUT2D eigenvalue weighted by molar-refractivity contribution is 0.767. The maximum atomic E-state index is 9.41. The minimum atomic E-state index is -0.591. The van der Waals surface area contributed by atoms with E-state index in [1.165, 1.54) is 66.8 Å². The minimum Gasteiger partial charge on any atom is -0.310 e. The van der Waals surface area contributed by atoms with Gasteiger partial charge in [-0.3, -0.25) is 0 Å². The fourth-order valence-electron chi connectivity index (χ4n) is 10.0. The standard InChI is InChI=1S/C56H39N/c1-6-20-40(21-7-1)55(41-22-8-2-9-23-41)51-32-18-16-30-47(51)49-36-34-45(38-53(49)55)57(44-28-14-5-15-29-44)46-35-37-50-48-31-17-19-33-52(48)56(54(50)39-46,42-24-10-3-11-25-42)43-26-12-4-13-27-43/h1-39H/i14D,28D. The maximum absolute atomic E-state index is 9.41. The molecule has 0 aliphatic heterocycles. The van der Waals surface area contributed by atoms with Gasteiger partial charge in [0.05, 0.1) is 13.6 Å². The van der Waals surface area contributed by atoms with Crippen molar-refractivity contribution in [2.75, 3.05) is 4.90 Å². The Morgan fingerprint density at radius 3 is 1.07 bits per heavy atom. The van der Waals surface area contributed by atoms with Crippen LogP contribution >= 0.6 is 0 Å². The third-order valence-electron chi connectivity index (χ3n) is 12.3. The second kappa shape index (κ2) is 13.2. The summed E-state index contributed by atoms with van der Waals surface area (Å²) in [7, 11) is 0. The van der Waals surface area contributed by atoms with Gasteiger partial charge in [-0.25, -0.2) is 0 Å². The van der Waals surface area contributed by atoms with Gasteiger partial charge in [-0.1, -0.05) is 200 Å². The van der Waals surface area contributed by atoms with E-state index in [4.69, 9.17) is 1.37 Å². The molecule has 1 heteroatoms. The van der Waals surface area contributed by atoms with Gasteiger partial charge in [-0.2, -0.15) is 0 Å². The van der Waals surface area contributed by atoms with E-state index in [1.807, 2.05) is 12.1 Å². The average Bonchev–Trinajstić information content (AvgIpc) is 3.77. The van der Waals surface area contributed by atoms with Gasteiger partial charge in [0, 0.05) is 17.1 Å². The lowest BCUT2D eigenvalue weighted by Gasteiger charge is -2.36. The quantitative estimate of drug-likeness (QED) is 0.158. The van der Waals surface area contributed by atoms with Crippen molar-refractivity contribution in [2.45, 2.75) is 10.8 Å². The molecule has 0 unspecified atom stereocenters. The number of anilines is 3. The smallest absolute Gasteiger partial charge is 0.0714 e. The van der Waals surface area contributed by atoms with E-state index in [0.29, 0.717) is 5.69 Å². The highest BCUT2D eigenvalue weighted by Gasteiger charge is 2.48. The van der Waals surface area contributed by atoms with Crippen molar-refractivity contribution in [1.82, 2.24) is 0 Å². The number of nitrogens with zero attached hydrogens (tertiary/aromatic N) is 1. The van der Waals surface area contributed by atoms with Crippen LogP contribution in [0.25, 0.3) is 22.3 Å². The molecule has 57 heavy (non-hydrogen) atoms. The molecule has 9 aromatic carbocycles. The third kappa shape index (κ3) is 4.82. The van der Waals surface area contributed by atoms with Crippen LogP contribution in [0.1, 0.15) is 47.2 Å². The summed E-state index contributed by atoms with van der Waals surface area (Å²) in [4.78, 5) is 2.20. The van der Waals surface area contributed by atoms with Gasteiger partial charge < -0.3 is 4.90 Å². The van der Waals surface area contributed by atoms with Crippen LogP contribution in [0.3, 0.4) is 0 Å². The Labute approximate surface area is 337 Å². The fraction of sp³-hybridized carbons (Fsp3) is 0.0357. The van der Waals surface area contributed by atoms with Gasteiger partial charge in [0.15, 0.2) is 0 Å². The molecule has 0 saturated carbocycles. The molecule has 2 aliphatic rings. The first-order chi connectivity index (χ1) is 29.1. The summed E-state index contributed by atoms with van der Waals surface area (Å²) >= 11 is 0. The minimum absolute atomic E-state index is 0.176. The lowest BCUT2D eigenvalue weighted by Crippen LogP contribution is -2.29. The van der Waals surface area contributed by atoms with Gasteiger partial charge in [0.1, 0.15) is 0 Å². The van der Waals surface area contributed by atoms with Gasteiger partial charge in [-0.15, -0.1) is 0 Å². The predicted octanol–water partition coefficient (Wildman–Crippen LogP) is 13.9. The number of benzene rings is 9. The molecule has 2 aliphatic carbocycles. The Morgan fingerprint density at radius 1 is 0.298 bits per heavy atom.